The van der Waals surface area contributed by atoms with Gasteiger partial charge in [-0.1, -0.05) is 0 Å². The molecule has 0 amide bonds. The van der Waals surface area contributed by atoms with E-state index in [9.17, 15) is 0 Å². The zero-order valence-electron chi connectivity index (χ0n) is 12.0. The summed E-state index contributed by atoms with van der Waals surface area (Å²) in [6.07, 6.45) is 4.43. The fraction of sp³-hybridized carbons (Fsp3) is 0.400. The first-order valence-corrected chi connectivity index (χ1v) is 6.71. The summed E-state index contributed by atoms with van der Waals surface area (Å²) < 4.78 is 12.9. The molecule has 1 aromatic carbocycles. The van der Waals surface area contributed by atoms with E-state index in [4.69, 9.17) is 15.2 Å². The first-order valence-electron chi connectivity index (χ1n) is 6.71. The molecule has 0 saturated carbocycles. The third kappa shape index (κ3) is 3.99. The van der Waals surface area contributed by atoms with E-state index in [2.05, 4.69) is 5.10 Å². The van der Waals surface area contributed by atoms with Gasteiger partial charge in [0.25, 0.3) is 0 Å². The summed E-state index contributed by atoms with van der Waals surface area (Å²) in [6, 6.07) is 7.78. The molecule has 0 aliphatic carbocycles. The summed E-state index contributed by atoms with van der Waals surface area (Å²) in [4.78, 5) is 0. The van der Waals surface area contributed by atoms with Gasteiger partial charge >= 0.3 is 0 Å². The van der Waals surface area contributed by atoms with Crippen LogP contribution in [-0.4, -0.2) is 29.5 Å². The van der Waals surface area contributed by atoms with Gasteiger partial charge in [-0.3, -0.25) is 4.68 Å². The van der Waals surface area contributed by atoms with Crippen molar-refractivity contribution in [2.24, 2.45) is 5.73 Å². The molecule has 0 radical (unpaired) electrons. The Balaban J connectivity index is 2.01. The first-order chi connectivity index (χ1) is 9.69. The van der Waals surface area contributed by atoms with Crippen molar-refractivity contribution < 1.29 is 9.47 Å². The van der Waals surface area contributed by atoms with Crippen LogP contribution in [0.3, 0.4) is 0 Å². The summed E-state index contributed by atoms with van der Waals surface area (Å²) in [5, 5.41) is 4.14. The molecule has 1 atom stereocenters. The van der Waals surface area contributed by atoms with E-state index >= 15 is 0 Å². The van der Waals surface area contributed by atoms with Crippen molar-refractivity contribution in [1.82, 2.24) is 9.78 Å². The molecule has 2 aromatic rings. The average Bonchev–Trinajstić information content (AvgIpc) is 2.93. The molecule has 2 N–H and O–H groups in total. The predicted molar refractivity (Wildman–Crippen MR) is 78.1 cm³/mol. The standard InChI is InChI=1S/C15H21N3O2/c1-12(16)10-13-11-14(19-2)4-5-15(13)20-9-8-18-7-3-6-17-18/h3-7,11-12H,8-10,16H2,1-2H3. The minimum atomic E-state index is 0.0792. The maximum absolute atomic E-state index is 5.88. The van der Waals surface area contributed by atoms with E-state index in [1.807, 2.05) is 42.1 Å². The summed E-state index contributed by atoms with van der Waals surface area (Å²) in [5.74, 6) is 1.68. The van der Waals surface area contributed by atoms with Crippen LogP contribution in [-0.2, 0) is 13.0 Å². The SMILES string of the molecule is COc1ccc(OCCn2cccn2)c(CC(C)N)c1. The molecule has 108 valence electrons. The summed E-state index contributed by atoms with van der Waals surface area (Å²) in [5.41, 5.74) is 6.95. The Kier molecular flexibility index (Phi) is 5.01. The Morgan fingerprint density at radius 1 is 1.40 bits per heavy atom. The highest BCUT2D eigenvalue weighted by Gasteiger charge is 2.08. The van der Waals surface area contributed by atoms with Crippen molar-refractivity contribution in [1.29, 1.82) is 0 Å². The molecule has 0 fully saturated rings. The lowest BCUT2D eigenvalue weighted by molar-refractivity contribution is 0.287. The van der Waals surface area contributed by atoms with Gasteiger partial charge in [0, 0.05) is 18.4 Å². The van der Waals surface area contributed by atoms with Crippen LogP contribution in [0, 0.1) is 0 Å². The van der Waals surface area contributed by atoms with Crippen LogP contribution in [0.4, 0.5) is 0 Å². The van der Waals surface area contributed by atoms with E-state index < -0.39 is 0 Å². The summed E-state index contributed by atoms with van der Waals surface area (Å²) in [6.45, 7) is 3.27. The molecule has 0 aliphatic rings. The van der Waals surface area contributed by atoms with Crippen molar-refractivity contribution in [3.8, 4) is 11.5 Å². The number of rotatable bonds is 7. The number of aromatic nitrogens is 2. The zero-order valence-corrected chi connectivity index (χ0v) is 12.0. The van der Waals surface area contributed by atoms with Gasteiger partial charge in [-0.15, -0.1) is 0 Å². The number of hydrogen-bond acceptors (Lipinski definition) is 4. The minimum Gasteiger partial charge on any atom is -0.497 e. The third-order valence-electron chi connectivity index (χ3n) is 2.95. The Morgan fingerprint density at radius 3 is 2.90 bits per heavy atom. The third-order valence-corrected chi connectivity index (χ3v) is 2.95. The number of benzene rings is 1. The second-order valence-electron chi connectivity index (χ2n) is 4.77. The number of ether oxygens (including phenoxy) is 2. The van der Waals surface area contributed by atoms with Gasteiger partial charge in [0.15, 0.2) is 0 Å². The Morgan fingerprint density at radius 2 is 2.25 bits per heavy atom. The van der Waals surface area contributed by atoms with Gasteiger partial charge in [0.2, 0.25) is 0 Å². The van der Waals surface area contributed by atoms with Gasteiger partial charge in [-0.25, -0.2) is 0 Å². The topological polar surface area (TPSA) is 62.3 Å². The molecule has 0 bridgehead atoms. The highest BCUT2D eigenvalue weighted by Crippen LogP contribution is 2.25. The van der Waals surface area contributed by atoms with E-state index in [1.54, 1.807) is 13.3 Å². The Hall–Kier alpha value is -2.01. The largest absolute Gasteiger partial charge is 0.497 e. The molecule has 20 heavy (non-hydrogen) atoms. The second kappa shape index (κ2) is 6.96. The summed E-state index contributed by atoms with van der Waals surface area (Å²) >= 11 is 0. The first kappa shape index (κ1) is 14.4. The van der Waals surface area contributed by atoms with Crippen LogP contribution in [0.15, 0.2) is 36.7 Å². The van der Waals surface area contributed by atoms with Crippen molar-refractivity contribution in [2.45, 2.75) is 25.9 Å². The highest BCUT2D eigenvalue weighted by molar-refractivity contribution is 5.40. The molecular formula is C15H21N3O2. The average molecular weight is 275 g/mol. The summed E-state index contributed by atoms with van der Waals surface area (Å²) in [7, 11) is 1.66. The van der Waals surface area contributed by atoms with Gasteiger partial charge in [0.05, 0.1) is 13.7 Å². The van der Waals surface area contributed by atoms with E-state index in [0.29, 0.717) is 6.61 Å². The second-order valence-corrected chi connectivity index (χ2v) is 4.77. The lowest BCUT2D eigenvalue weighted by atomic mass is 10.1. The molecule has 1 unspecified atom stereocenters. The van der Waals surface area contributed by atoms with Crippen LogP contribution < -0.4 is 15.2 Å². The smallest absolute Gasteiger partial charge is 0.122 e. The number of hydrogen-bond donors (Lipinski definition) is 1. The molecule has 1 heterocycles. The van der Waals surface area contributed by atoms with Gasteiger partial charge in [0.1, 0.15) is 18.1 Å². The normalized spacial score (nSPS) is 12.2. The zero-order chi connectivity index (χ0) is 14.4. The molecule has 5 nitrogen and oxygen atoms in total. The number of nitrogens with two attached hydrogens (primary N) is 1. The van der Waals surface area contributed by atoms with Crippen molar-refractivity contribution in [2.75, 3.05) is 13.7 Å². The minimum absolute atomic E-state index is 0.0792. The van der Waals surface area contributed by atoms with Gasteiger partial charge in [-0.2, -0.15) is 5.10 Å². The fourth-order valence-corrected chi connectivity index (χ4v) is 2.01. The van der Waals surface area contributed by atoms with Crippen LogP contribution >= 0.6 is 0 Å². The van der Waals surface area contributed by atoms with Crippen molar-refractivity contribution in [3.63, 3.8) is 0 Å². The lowest BCUT2D eigenvalue weighted by Gasteiger charge is -2.14. The highest BCUT2D eigenvalue weighted by atomic mass is 16.5. The van der Waals surface area contributed by atoms with Crippen molar-refractivity contribution in [3.05, 3.63) is 42.2 Å². The van der Waals surface area contributed by atoms with Crippen LogP contribution in [0.1, 0.15) is 12.5 Å². The number of methoxy groups -OCH3 is 1. The fourth-order valence-electron chi connectivity index (χ4n) is 2.01. The van der Waals surface area contributed by atoms with Gasteiger partial charge in [-0.05, 0) is 43.2 Å². The van der Waals surface area contributed by atoms with Gasteiger partial charge < -0.3 is 15.2 Å². The molecule has 2 rings (SSSR count). The monoisotopic (exact) mass is 275 g/mol. The predicted octanol–water partition coefficient (Wildman–Crippen LogP) is 1.86. The number of nitrogens with zero attached hydrogens (tertiary/aromatic N) is 2. The molecule has 1 aromatic heterocycles. The maximum atomic E-state index is 5.88. The van der Waals surface area contributed by atoms with Crippen molar-refractivity contribution >= 4 is 0 Å². The van der Waals surface area contributed by atoms with Crippen LogP contribution in [0.5, 0.6) is 11.5 Å². The Labute approximate surface area is 119 Å². The quantitative estimate of drug-likeness (QED) is 0.838. The molecule has 0 aliphatic heterocycles. The Bertz CT molecular complexity index is 524. The molecule has 5 heteroatoms. The van der Waals surface area contributed by atoms with E-state index in [0.717, 1.165) is 30.0 Å². The van der Waals surface area contributed by atoms with Crippen LogP contribution in [0.2, 0.25) is 0 Å². The molecule has 0 spiro atoms. The van der Waals surface area contributed by atoms with E-state index in [1.165, 1.54) is 0 Å². The maximum Gasteiger partial charge on any atom is 0.122 e. The van der Waals surface area contributed by atoms with E-state index in [-0.39, 0.29) is 6.04 Å². The molecule has 0 saturated heterocycles. The lowest BCUT2D eigenvalue weighted by Crippen LogP contribution is -2.18. The van der Waals surface area contributed by atoms with Crippen LogP contribution in [0.25, 0.3) is 0 Å². The molecular weight excluding hydrogens is 254 g/mol.